The van der Waals surface area contributed by atoms with E-state index in [-0.39, 0.29) is 36.5 Å². The minimum Gasteiger partial charge on any atom is -0.389 e. The van der Waals surface area contributed by atoms with Crippen LogP contribution in [-0.2, 0) is 9.59 Å². The van der Waals surface area contributed by atoms with Crippen LogP contribution in [0.3, 0.4) is 0 Å². The molecule has 2 fully saturated rings. The van der Waals surface area contributed by atoms with Crippen LogP contribution in [-0.4, -0.2) is 52.5 Å². The number of nitrogens with one attached hydrogen (secondary N) is 2. The standard InChI is InChI=1S/C21H27N3O4/c25-18(24-12-11-21(28)10-4-3-5-14(21)13-24)9-8-17-20(27)22-16-7-2-1-6-15(16)19(26)23-17/h1-2,6-7,14,17,28H,3-5,8-13H2,(H,22,27)(H,23,26)/t14-,17-,21+/m0/s1. The van der Waals surface area contributed by atoms with E-state index >= 15 is 0 Å². The first-order valence-corrected chi connectivity index (χ1v) is 10.2. The number of nitrogens with zero attached hydrogens (tertiary/aromatic N) is 1. The molecule has 1 aliphatic carbocycles. The Hall–Kier alpha value is -2.41. The SMILES string of the molecule is O=C1N[C@@H](CCC(=O)N2CC[C@]3(O)CCCC[C@H]3C2)C(=O)Nc2ccccc21. The molecule has 0 bridgehead atoms. The Morgan fingerprint density at radius 1 is 1.21 bits per heavy atom. The molecule has 7 nitrogen and oxygen atoms in total. The Balaban J connectivity index is 1.35. The Kier molecular flexibility index (Phi) is 5.10. The van der Waals surface area contributed by atoms with E-state index in [1.165, 1.54) is 0 Å². The van der Waals surface area contributed by atoms with E-state index in [4.69, 9.17) is 0 Å². The predicted molar refractivity (Wildman–Crippen MR) is 104 cm³/mol. The summed E-state index contributed by atoms with van der Waals surface area (Å²) >= 11 is 0. The van der Waals surface area contributed by atoms with Crippen LogP contribution < -0.4 is 10.6 Å². The van der Waals surface area contributed by atoms with Crippen LogP contribution in [0.5, 0.6) is 0 Å². The Morgan fingerprint density at radius 2 is 2.04 bits per heavy atom. The average Bonchev–Trinajstić information content (AvgIpc) is 2.81. The molecule has 0 radical (unpaired) electrons. The van der Waals surface area contributed by atoms with E-state index in [0.29, 0.717) is 30.8 Å². The highest BCUT2D eigenvalue weighted by molar-refractivity contribution is 6.09. The van der Waals surface area contributed by atoms with Crippen LogP contribution in [0, 0.1) is 5.92 Å². The van der Waals surface area contributed by atoms with Crippen molar-refractivity contribution in [3.05, 3.63) is 29.8 Å². The molecule has 3 amide bonds. The second-order valence-corrected chi connectivity index (χ2v) is 8.24. The molecule has 4 rings (SSSR count). The predicted octanol–water partition coefficient (Wildman–Crippen LogP) is 1.67. The van der Waals surface area contributed by atoms with Gasteiger partial charge in [-0.05, 0) is 37.8 Å². The molecule has 150 valence electrons. The Bertz CT molecular complexity index is 796. The number of carbonyl (C=O) groups is 3. The molecule has 3 N–H and O–H groups in total. The highest BCUT2D eigenvalue weighted by Gasteiger charge is 2.43. The van der Waals surface area contributed by atoms with Gasteiger partial charge in [-0.1, -0.05) is 25.0 Å². The normalized spacial score (nSPS) is 29.8. The van der Waals surface area contributed by atoms with Crippen LogP contribution in [0.1, 0.15) is 55.3 Å². The zero-order valence-corrected chi connectivity index (χ0v) is 15.9. The van der Waals surface area contributed by atoms with E-state index in [9.17, 15) is 19.5 Å². The summed E-state index contributed by atoms with van der Waals surface area (Å²) in [5.41, 5.74) is 0.305. The van der Waals surface area contributed by atoms with Crippen LogP contribution in [0.15, 0.2) is 24.3 Å². The third kappa shape index (κ3) is 3.63. The topological polar surface area (TPSA) is 98.7 Å². The average molecular weight is 385 g/mol. The lowest BCUT2D eigenvalue weighted by Crippen LogP contribution is -2.54. The Morgan fingerprint density at radius 3 is 2.89 bits per heavy atom. The molecule has 1 saturated heterocycles. The van der Waals surface area contributed by atoms with Crippen LogP contribution in [0.25, 0.3) is 0 Å². The second-order valence-electron chi connectivity index (χ2n) is 8.24. The number of amides is 3. The molecule has 0 unspecified atom stereocenters. The third-order valence-electron chi connectivity index (χ3n) is 6.48. The van der Waals surface area contributed by atoms with Crippen LogP contribution >= 0.6 is 0 Å². The van der Waals surface area contributed by atoms with Gasteiger partial charge in [0.15, 0.2) is 0 Å². The molecule has 1 aromatic rings. The van der Waals surface area contributed by atoms with Crippen LogP contribution in [0.4, 0.5) is 5.69 Å². The highest BCUT2D eigenvalue weighted by Crippen LogP contribution is 2.39. The number of aliphatic hydroxyl groups is 1. The summed E-state index contributed by atoms with van der Waals surface area (Å²) in [5, 5.41) is 16.3. The lowest BCUT2D eigenvalue weighted by Gasteiger charge is -2.47. The molecule has 2 heterocycles. The minimum atomic E-state index is -0.736. The molecule has 7 heteroatoms. The van der Waals surface area contributed by atoms with Gasteiger partial charge in [0.1, 0.15) is 6.04 Å². The largest absolute Gasteiger partial charge is 0.389 e. The summed E-state index contributed by atoms with van der Waals surface area (Å²) in [5.74, 6) is -0.478. The molecule has 2 aliphatic heterocycles. The maximum absolute atomic E-state index is 12.7. The van der Waals surface area contributed by atoms with Crippen molar-refractivity contribution in [3.63, 3.8) is 0 Å². The fraction of sp³-hybridized carbons (Fsp3) is 0.571. The fourth-order valence-corrected chi connectivity index (χ4v) is 4.74. The van der Waals surface area contributed by atoms with Crippen LogP contribution in [0.2, 0.25) is 0 Å². The number of anilines is 1. The summed E-state index contributed by atoms with van der Waals surface area (Å²) < 4.78 is 0. The monoisotopic (exact) mass is 385 g/mol. The quantitative estimate of drug-likeness (QED) is 0.737. The number of hydrogen-bond donors (Lipinski definition) is 3. The third-order valence-corrected chi connectivity index (χ3v) is 6.48. The summed E-state index contributed by atoms with van der Waals surface area (Å²) in [6.45, 7) is 1.14. The minimum absolute atomic E-state index is 0.0172. The van der Waals surface area contributed by atoms with E-state index in [0.717, 1.165) is 25.7 Å². The summed E-state index contributed by atoms with van der Waals surface area (Å²) in [6, 6.07) is 6.13. The molecule has 0 spiro atoms. The molecular weight excluding hydrogens is 358 g/mol. The Labute approximate surface area is 164 Å². The molecule has 1 saturated carbocycles. The summed E-state index contributed by atoms with van der Waals surface area (Å²) in [7, 11) is 0. The number of fused-ring (bicyclic) bond motifs is 2. The van der Waals surface area contributed by atoms with Gasteiger partial charge in [0.25, 0.3) is 5.91 Å². The van der Waals surface area contributed by atoms with E-state index in [1.54, 1.807) is 24.3 Å². The maximum Gasteiger partial charge on any atom is 0.254 e. The molecule has 1 aromatic carbocycles. The van der Waals surface area contributed by atoms with Gasteiger partial charge in [0.2, 0.25) is 11.8 Å². The second kappa shape index (κ2) is 7.54. The van der Waals surface area contributed by atoms with Gasteiger partial charge in [0.05, 0.1) is 16.9 Å². The number of carbonyl (C=O) groups excluding carboxylic acids is 3. The first-order valence-electron chi connectivity index (χ1n) is 10.2. The molecule has 3 atom stereocenters. The first kappa shape index (κ1) is 18.9. The van der Waals surface area contributed by atoms with Crippen molar-refractivity contribution in [2.75, 3.05) is 18.4 Å². The van der Waals surface area contributed by atoms with E-state index in [1.807, 2.05) is 4.90 Å². The van der Waals surface area contributed by atoms with Crippen molar-refractivity contribution in [1.82, 2.24) is 10.2 Å². The van der Waals surface area contributed by atoms with Crippen molar-refractivity contribution in [3.8, 4) is 0 Å². The molecular formula is C21H27N3O4. The fourth-order valence-electron chi connectivity index (χ4n) is 4.74. The van der Waals surface area contributed by atoms with Gasteiger partial charge < -0.3 is 20.6 Å². The molecule has 0 aromatic heterocycles. The number of likely N-dealkylation sites (tertiary alicyclic amines) is 1. The molecule has 3 aliphatic rings. The number of rotatable bonds is 3. The zero-order valence-electron chi connectivity index (χ0n) is 15.9. The van der Waals surface area contributed by atoms with Crippen molar-refractivity contribution in [1.29, 1.82) is 0 Å². The molecule has 28 heavy (non-hydrogen) atoms. The van der Waals surface area contributed by atoms with Gasteiger partial charge >= 0.3 is 0 Å². The number of piperidine rings is 1. The van der Waals surface area contributed by atoms with Crippen molar-refractivity contribution in [2.45, 2.75) is 56.6 Å². The van der Waals surface area contributed by atoms with Gasteiger partial charge in [-0.15, -0.1) is 0 Å². The highest BCUT2D eigenvalue weighted by atomic mass is 16.3. The number of hydrogen-bond acceptors (Lipinski definition) is 4. The van der Waals surface area contributed by atoms with Crippen molar-refractivity contribution in [2.24, 2.45) is 5.92 Å². The van der Waals surface area contributed by atoms with Gasteiger partial charge in [-0.3, -0.25) is 14.4 Å². The lowest BCUT2D eigenvalue weighted by atomic mass is 9.71. The number of para-hydroxylation sites is 1. The van der Waals surface area contributed by atoms with Crippen molar-refractivity contribution < 1.29 is 19.5 Å². The van der Waals surface area contributed by atoms with Crippen molar-refractivity contribution >= 4 is 23.4 Å². The first-order chi connectivity index (χ1) is 13.5. The van der Waals surface area contributed by atoms with Gasteiger partial charge in [0, 0.05) is 25.4 Å². The summed E-state index contributed by atoms with van der Waals surface area (Å²) in [4.78, 5) is 39.4. The number of benzene rings is 1. The maximum atomic E-state index is 12.7. The zero-order chi connectivity index (χ0) is 19.7. The van der Waals surface area contributed by atoms with E-state index < -0.39 is 11.6 Å². The summed E-state index contributed by atoms with van der Waals surface area (Å²) in [6.07, 6.45) is 5.02. The van der Waals surface area contributed by atoms with Gasteiger partial charge in [-0.25, -0.2) is 0 Å². The van der Waals surface area contributed by atoms with Gasteiger partial charge in [-0.2, -0.15) is 0 Å². The van der Waals surface area contributed by atoms with E-state index in [2.05, 4.69) is 10.6 Å². The lowest BCUT2D eigenvalue weighted by molar-refractivity contribution is -0.143. The smallest absolute Gasteiger partial charge is 0.254 e.